The standard InChI is InChI=1S/C15H12BrN3S/c16-12-2-3-13(18-8-12)9-19-6-5-10-7-11(15(17)20)1-4-14(10)19/h1-8H,9H2,(H2,17,20). The van der Waals surface area contributed by atoms with Crippen LogP contribution in [0, 0.1) is 0 Å². The van der Waals surface area contributed by atoms with Gasteiger partial charge in [-0.05, 0) is 52.3 Å². The summed E-state index contributed by atoms with van der Waals surface area (Å²) in [6.07, 6.45) is 3.86. The van der Waals surface area contributed by atoms with E-state index in [0.717, 1.165) is 33.2 Å². The van der Waals surface area contributed by atoms with Gasteiger partial charge in [0.2, 0.25) is 0 Å². The highest BCUT2D eigenvalue weighted by atomic mass is 79.9. The molecule has 2 aromatic heterocycles. The van der Waals surface area contributed by atoms with Crippen LogP contribution in [-0.4, -0.2) is 14.5 Å². The van der Waals surface area contributed by atoms with Crippen LogP contribution in [0.25, 0.3) is 10.9 Å². The third-order valence-electron chi connectivity index (χ3n) is 3.18. The highest BCUT2D eigenvalue weighted by Crippen LogP contribution is 2.19. The maximum absolute atomic E-state index is 5.66. The number of nitrogens with two attached hydrogens (primary N) is 1. The van der Waals surface area contributed by atoms with Crippen molar-refractivity contribution < 1.29 is 0 Å². The summed E-state index contributed by atoms with van der Waals surface area (Å²) in [7, 11) is 0. The fourth-order valence-electron chi connectivity index (χ4n) is 2.17. The Labute approximate surface area is 130 Å². The highest BCUT2D eigenvalue weighted by molar-refractivity contribution is 9.10. The molecule has 100 valence electrons. The lowest BCUT2D eigenvalue weighted by Crippen LogP contribution is -2.08. The van der Waals surface area contributed by atoms with E-state index in [1.54, 1.807) is 0 Å². The van der Waals surface area contributed by atoms with Crippen molar-refractivity contribution >= 4 is 44.0 Å². The maximum Gasteiger partial charge on any atom is 0.104 e. The number of aromatic nitrogens is 2. The second-order valence-electron chi connectivity index (χ2n) is 4.55. The second kappa shape index (κ2) is 5.34. The molecule has 0 saturated carbocycles. The van der Waals surface area contributed by atoms with Gasteiger partial charge in [0.15, 0.2) is 0 Å². The molecule has 2 N–H and O–H groups in total. The first-order valence-electron chi connectivity index (χ1n) is 6.12. The average molecular weight is 346 g/mol. The molecule has 0 amide bonds. The second-order valence-corrected chi connectivity index (χ2v) is 5.90. The third kappa shape index (κ3) is 2.59. The van der Waals surface area contributed by atoms with Gasteiger partial charge in [-0.1, -0.05) is 12.2 Å². The summed E-state index contributed by atoms with van der Waals surface area (Å²) in [5.41, 5.74) is 8.72. The number of hydrogen-bond donors (Lipinski definition) is 1. The lowest BCUT2D eigenvalue weighted by molar-refractivity contribution is 0.807. The quantitative estimate of drug-likeness (QED) is 0.739. The summed E-state index contributed by atoms with van der Waals surface area (Å²) in [5, 5.41) is 1.13. The van der Waals surface area contributed by atoms with Gasteiger partial charge < -0.3 is 10.3 Å². The van der Waals surface area contributed by atoms with Crippen LogP contribution in [0.1, 0.15) is 11.3 Å². The fraction of sp³-hybridized carbons (Fsp3) is 0.0667. The molecule has 0 spiro atoms. The molecule has 0 aliphatic carbocycles. The van der Waals surface area contributed by atoms with Crippen LogP contribution < -0.4 is 5.73 Å². The minimum atomic E-state index is 0.425. The van der Waals surface area contributed by atoms with E-state index in [9.17, 15) is 0 Å². The summed E-state index contributed by atoms with van der Waals surface area (Å²) in [6, 6.07) is 12.1. The predicted molar refractivity (Wildman–Crippen MR) is 88.9 cm³/mol. The zero-order valence-corrected chi connectivity index (χ0v) is 13.0. The van der Waals surface area contributed by atoms with Crippen LogP contribution in [-0.2, 0) is 6.54 Å². The molecule has 3 nitrogen and oxygen atoms in total. The molecule has 3 rings (SSSR count). The predicted octanol–water partition coefficient (Wildman–Crippen LogP) is 3.48. The van der Waals surface area contributed by atoms with Gasteiger partial charge in [0.05, 0.1) is 12.2 Å². The Bertz CT molecular complexity index is 777. The summed E-state index contributed by atoms with van der Waals surface area (Å²) in [4.78, 5) is 4.82. The Morgan fingerprint density at radius 3 is 2.80 bits per heavy atom. The molecule has 0 aliphatic rings. The van der Waals surface area contributed by atoms with Crippen molar-refractivity contribution in [2.75, 3.05) is 0 Å². The molecule has 0 aliphatic heterocycles. The van der Waals surface area contributed by atoms with Gasteiger partial charge in [0.25, 0.3) is 0 Å². The molecule has 5 heteroatoms. The van der Waals surface area contributed by atoms with Gasteiger partial charge >= 0.3 is 0 Å². The number of halogens is 1. The highest BCUT2D eigenvalue weighted by Gasteiger charge is 2.05. The zero-order chi connectivity index (χ0) is 14.1. The molecule has 2 heterocycles. The third-order valence-corrected chi connectivity index (χ3v) is 3.88. The number of thiocarbonyl (C=S) groups is 1. The number of nitrogens with zero attached hydrogens (tertiary/aromatic N) is 2. The fourth-order valence-corrected chi connectivity index (χ4v) is 2.53. The van der Waals surface area contributed by atoms with Crippen molar-refractivity contribution in [1.82, 2.24) is 9.55 Å². The van der Waals surface area contributed by atoms with Crippen LogP contribution >= 0.6 is 28.1 Å². The minimum Gasteiger partial charge on any atom is -0.389 e. The van der Waals surface area contributed by atoms with Crippen LogP contribution in [0.15, 0.2) is 53.3 Å². The molecular formula is C15H12BrN3S. The van der Waals surface area contributed by atoms with Crippen molar-refractivity contribution in [1.29, 1.82) is 0 Å². The van der Waals surface area contributed by atoms with Crippen LogP contribution in [0.4, 0.5) is 0 Å². The van der Waals surface area contributed by atoms with Gasteiger partial charge in [-0.25, -0.2) is 0 Å². The Hall–Kier alpha value is -1.72. The normalized spacial score (nSPS) is 10.8. The minimum absolute atomic E-state index is 0.425. The van der Waals surface area contributed by atoms with E-state index >= 15 is 0 Å². The van der Waals surface area contributed by atoms with Crippen LogP contribution in [0.5, 0.6) is 0 Å². The number of pyridine rings is 1. The molecule has 0 bridgehead atoms. The number of hydrogen-bond acceptors (Lipinski definition) is 2. The molecule has 0 atom stereocenters. The summed E-state index contributed by atoms with van der Waals surface area (Å²) in [5.74, 6) is 0. The first-order valence-corrected chi connectivity index (χ1v) is 7.33. The van der Waals surface area contributed by atoms with E-state index < -0.39 is 0 Å². The monoisotopic (exact) mass is 345 g/mol. The van der Waals surface area contributed by atoms with Gasteiger partial charge in [0.1, 0.15) is 4.99 Å². The van der Waals surface area contributed by atoms with Crippen molar-refractivity contribution in [2.45, 2.75) is 6.54 Å². The molecule has 0 fully saturated rings. The van der Waals surface area contributed by atoms with E-state index in [1.165, 1.54) is 0 Å². The topological polar surface area (TPSA) is 43.8 Å². The number of fused-ring (bicyclic) bond motifs is 1. The Morgan fingerprint density at radius 2 is 2.10 bits per heavy atom. The molecule has 0 saturated heterocycles. The van der Waals surface area contributed by atoms with Crippen LogP contribution in [0.2, 0.25) is 0 Å². The molecule has 20 heavy (non-hydrogen) atoms. The first-order chi connectivity index (χ1) is 9.63. The SMILES string of the molecule is NC(=S)c1ccc2c(ccn2Cc2ccc(Br)cn2)c1. The largest absolute Gasteiger partial charge is 0.389 e. The molecule has 3 aromatic rings. The maximum atomic E-state index is 5.66. The lowest BCUT2D eigenvalue weighted by Gasteiger charge is -2.06. The lowest BCUT2D eigenvalue weighted by atomic mass is 10.1. The summed E-state index contributed by atoms with van der Waals surface area (Å²) >= 11 is 8.40. The Balaban J connectivity index is 1.96. The van der Waals surface area contributed by atoms with E-state index in [4.69, 9.17) is 18.0 Å². The Kier molecular flexibility index (Phi) is 3.54. The van der Waals surface area contributed by atoms with Gasteiger partial charge in [-0.3, -0.25) is 4.98 Å². The van der Waals surface area contributed by atoms with E-state index in [2.05, 4.69) is 37.7 Å². The van der Waals surface area contributed by atoms with Gasteiger partial charge in [-0.15, -0.1) is 0 Å². The average Bonchev–Trinajstić information content (AvgIpc) is 2.84. The van der Waals surface area contributed by atoms with E-state index in [0.29, 0.717) is 4.99 Å². The van der Waals surface area contributed by atoms with Crippen molar-refractivity contribution in [3.05, 3.63) is 64.5 Å². The Morgan fingerprint density at radius 1 is 1.25 bits per heavy atom. The molecule has 1 aromatic carbocycles. The van der Waals surface area contributed by atoms with Crippen molar-refractivity contribution in [3.63, 3.8) is 0 Å². The van der Waals surface area contributed by atoms with Gasteiger partial charge in [-0.2, -0.15) is 0 Å². The van der Waals surface area contributed by atoms with E-state index in [-0.39, 0.29) is 0 Å². The van der Waals surface area contributed by atoms with Crippen LogP contribution in [0.3, 0.4) is 0 Å². The molecule has 0 unspecified atom stereocenters. The zero-order valence-electron chi connectivity index (χ0n) is 10.6. The summed E-state index contributed by atoms with van der Waals surface area (Å²) < 4.78 is 3.15. The summed E-state index contributed by atoms with van der Waals surface area (Å²) in [6.45, 7) is 0.739. The molecular weight excluding hydrogens is 334 g/mol. The van der Waals surface area contributed by atoms with Gasteiger partial charge in [0, 0.05) is 33.3 Å². The van der Waals surface area contributed by atoms with E-state index in [1.807, 2.05) is 36.5 Å². The first kappa shape index (κ1) is 13.3. The van der Waals surface area contributed by atoms with Crippen molar-refractivity contribution in [3.8, 4) is 0 Å². The van der Waals surface area contributed by atoms with Crippen molar-refractivity contribution in [2.24, 2.45) is 5.73 Å². The smallest absolute Gasteiger partial charge is 0.104 e. The molecule has 0 radical (unpaired) electrons. The number of benzene rings is 1. The number of rotatable bonds is 3.